The lowest BCUT2D eigenvalue weighted by molar-refractivity contribution is 0.0587. The number of piperidine rings is 1. The van der Waals surface area contributed by atoms with Crippen LogP contribution >= 0.6 is 11.6 Å². The van der Waals surface area contributed by atoms with Crippen molar-refractivity contribution >= 4 is 17.5 Å². The zero-order valence-corrected chi connectivity index (χ0v) is 15.7. The number of hydrogen-bond acceptors (Lipinski definition) is 5. The first-order chi connectivity index (χ1) is 13.6. The molecule has 1 N–H and O–H groups in total. The zero-order valence-electron chi connectivity index (χ0n) is 14.9. The molecule has 28 heavy (non-hydrogen) atoms. The molecule has 0 aliphatic carbocycles. The minimum Gasteiger partial charge on any atom is -0.473 e. The highest BCUT2D eigenvalue weighted by Crippen LogP contribution is 2.20. The normalized spacial score (nSPS) is 14.8. The minimum absolute atomic E-state index is 0.0402. The second kappa shape index (κ2) is 7.85. The van der Waals surface area contributed by atoms with E-state index in [1.54, 1.807) is 41.6 Å². The Balaban J connectivity index is 1.40. The van der Waals surface area contributed by atoms with E-state index in [-0.39, 0.29) is 22.9 Å². The van der Waals surface area contributed by atoms with E-state index in [1.165, 1.54) is 17.0 Å². The molecule has 9 heteroatoms. The molecule has 0 radical (unpaired) electrons. The molecule has 0 unspecified atom stereocenters. The number of amides is 1. The molecule has 0 atom stereocenters. The fraction of sp³-hybridized carbons (Fsp3) is 0.263. The first kappa shape index (κ1) is 18.2. The number of carbonyl (C=O) groups excluding carboxylic acids is 1. The van der Waals surface area contributed by atoms with Crippen molar-refractivity contribution in [1.29, 1.82) is 0 Å². The summed E-state index contributed by atoms with van der Waals surface area (Å²) in [5.41, 5.74) is 0.951. The van der Waals surface area contributed by atoms with Crippen molar-refractivity contribution in [2.24, 2.45) is 0 Å². The zero-order chi connectivity index (χ0) is 19.5. The van der Waals surface area contributed by atoms with Crippen LogP contribution in [0, 0.1) is 0 Å². The number of likely N-dealkylation sites (tertiary alicyclic amines) is 1. The molecule has 1 aliphatic rings. The van der Waals surface area contributed by atoms with Crippen molar-refractivity contribution in [3.8, 4) is 11.6 Å². The van der Waals surface area contributed by atoms with E-state index in [0.29, 0.717) is 43.1 Å². The minimum atomic E-state index is -0.244. The first-order valence-corrected chi connectivity index (χ1v) is 9.28. The van der Waals surface area contributed by atoms with E-state index in [0.717, 1.165) is 0 Å². The van der Waals surface area contributed by atoms with Gasteiger partial charge in [-0.05, 0) is 18.2 Å². The van der Waals surface area contributed by atoms with Gasteiger partial charge in [-0.2, -0.15) is 4.98 Å². The summed E-state index contributed by atoms with van der Waals surface area (Å²) in [6, 6.07) is 7.04. The molecule has 4 rings (SSSR count). The number of nitrogens with zero attached hydrogens (tertiary/aromatic N) is 4. The van der Waals surface area contributed by atoms with Gasteiger partial charge in [-0.25, -0.2) is 4.79 Å². The van der Waals surface area contributed by atoms with Gasteiger partial charge in [0.05, 0.1) is 18.1 Å². The van der Waals surface area contributed by atoms with Gasteiger partial charge >= 0.3 is 5.69 Å². The van der Waals surface area contributed by atoms with Gasteiger partial charge in [-0.1, -0.05) is 17.7 Å². The molecule has 0 spiro atoms. The number of ether oxygens (including phenoxy) is 1. The molecular formula is C19H18ClN5O3. The molecule has 1 fully saturated rings. The number of rotatable bonds is 4. The fourth-order valence-corrected chi connectivity index (χ4v) is 3.36. The summed E-state index contributed by atoms with van der Waals surface area (Å²) in [6.07, 6.45) is 7.51. The fourth-order valence-electron chi connectivity index (χ4n) is 3.22. The highest BCUT2D eigenvalue weighted by molar-refractivity contribution is 6.29. The van der Waals surface area contributed by atoms with Crippen molar-refractivity contribution in [3.05, 3.63) is 70.3 Å². The van der Waals surface area contributed by atoms with Gasteiger partial charge in [-0.3, -0.25) is 14.3 Å². The van der Waals surface area contributed by atoms with E-state index in [4.69, 9.17) is 16.3 Å². The predicted octanol–water partition coefficient (Wildman–Crippen LogP) is 2.29. The molecule has 3 aromatic rings. The van der Waals surface area contributed by atoms with Crippen LogP contribution < -0.4 is 10.4 Å². The lowest BCUT2D eigenvalue weighted by atomic mass is 10.1. The third-order valence-corrected chi connectivity index (χ3v) is 4.80. The Morgan fingerprint density at radius 1 is 1.25 bits per heavy atom. The standard InChI is InChI=1S/C19H18ClN5O3/c20-16-11-21-12-17(23-16)28-15-4-7-24(8-5-15)18(26)13-2-1-3-14(10-13)25-9-6-22-19(25)27/h1-3,6,9-12,15H,4-5,7-8H2,(H,22,27). The largest absolute Gasteiger partial charge is 0.473 e. The van der Waals surface area contributed by atoms with Crippen LogP contribution in [-0.4, -0.2) is 49.5 Å². The number of benzene rings is 1. The van der Waals surface area contributed by atoms with Gasteiger partial charge in [0.2, 0.25) is 5.88 Å². The summed E-state index contributed by atoms with van der Waals surface area (Å²) in [4.78, 5) is 37.1. The Morgan fingerprint density at radius 2 is 2.07 bits per heavy atom. The van der Waals surface area contributed by atoms with Gasteiger partial charge in [-0.15, -0.1) is 0 Å². The highest BCUT2D eigenvalue weighted by atomic mass is 35.5. The molecule has 1 saturated heterocycles. The Labute approximate surface area is 165 Å². The van der Waals surface area contributed by atoms with Crippen molar-refractivity contribution in [2.45, 2.75) is 18.9 Å². The molecule has 0 saturated carbocycles. The number of imidazole rings is 1. The Bertz CT molecular complexity index is 1040. The molecule has 0 bridgehead atoms. The van der Waals surface area contributed by atoms with Crippen molar-refractivity contribution in [1.82, 2.24) is 24.4 Å². The molecule has 2 aromatic heterocycles. The van der Waals surface area contributed by atoms with E-state index in [1.807, 2.05) is 0 Å². The number of carbonyl (C=O) groups is 1. The van der Waals surface area contributed by atoms with Crippen LogP contribution in [0.5, 0.6) is 5.88 Å². The van der Waals surface area contributed by atoms with Crippen LogP contribution in [-0.2, 0) is 0 Å². The van der Waals surface area contributed by atoms with Crippen LogP contribution in [0.4, 0.5) is 0 Å². The molecule has 8 nitrogen and oxygen atoms in total. The number of halogens is 1. The van der Waals surface area contributed by atoms with Gasteiger partial charge < -0.3 is 14.6 Å². The quantitative estimate of drug-likeness (QED) is 0.726. The van der Waals surface area contributed by atoms with E-state index in [2.05, 4.69) is 15.0 Å². The van der Waals surface area contributed by atoms with Crippen molar-refractivity contribution < 1.29 is 9.53 Å². The Morgan fingerprint density at radius 3 is 2.79 bits per heavy atom. The number of H-pyrrole nitrogens is 1. The van der Waals surface area contributed by atoms with E-state index in [9.17, 15) is 9.59 Å². The average molecular weight is 400 g/mol. The monoisotopic (exact) mass is 399 g/mol. The number of aromatic nitrogens is 4. The molecule has 1 amide bonds. The molecule has 144 valence electrons. The first-order valence-electron chi connectivity index (χ1n) is 8.90. The van der Waals surface area contributed by atoms with Crippen LogP contribution in [0.25, 0.3) is 5.69 Å². The molecule has 3 heterocycles. The van der Waals surface area contributed by atoms with Crippen LogP contribution in [0.15, 0.2) is 53.8 Å². The van der Waals surface area contributed by atoms with Gasteiger partial charge in [0.1, 0.15) is 6.10 Å². The lowest BCUT2D eigenvalue weighted by Crippen LogP contribution is -2.41. The molecular weight excluding hydrogens is 382 g/mol. The maximum atomic E-state index is 12.9. The molecule has 1 aromatic carbocycles. The van der Waals surface area contributed by atoms with Crippen molar-refractivity contribution in [3.63, 3.8) is 0 Å². The predicted molar refractivity (Wildman–Crippen MR) is 103 cm³/mol. The van der Waals surface area contributed by atoms with E-state index < -0.39 is 0 Å². The van der Waals surface area contributed by atoms with Gasteiger partial charge in [0.15, 0.2) is 5.15 Å². The second-order valence-corrected chi connectivity index (χ2v) is 6.86. The third-order valence-electron chi connectivity index (χ3n) is 4.62. The lowest BCUT2D eigenvalue weighted by Gasteiger charge is -2.32. The van der Waals surface area contributed by atoms with E-state index >= 15 is 0 Å². The summed E-state index contributed by atoms with van der Waals surface area (Å²) in [6.45, 7) is 1.15. The SMILES string of the molecule is O=C(c1cccc(-n2cc[nH]c2=O)c1)N1CCC(Oc2cncc(Cl)n2)CC1. The highest BCUT2D eigenvalue weighted by Gasteiger charge is 2.25. The summed E-state index contributed by atoms with van der Waals surface area (Å²) in [5.74, 6) is 0.327. The number of hydrogen-bond donors (Lipinski definition) is 1. The second-order valence-electron chi connectivity index (χ2n) is 6.48. The summed E-state index contributed by atoms with van der Waals surface area (Å²) in [7, 11) is 0. The molecule has 1 aliphatic heterocycles. The van der Waals surface area contributed by atoms with Crippen LogP contribution in [0.3, 0.4) is 0 Å². The Hall–Kier alpha value is -3.13. The third kappa shape index (κ3) is 3.91. The smallest absolute Gasteiger partial charge is 0.330 e. The summed E-state index contributed by atoms with van der Waals surface area (Å²) >= 11 is 5.82. The Kier molecular flexibility index (Phi) is 5.12. The maximum absolute atomic E-state index is 12.9. The maximum Gasteiger partial charge on any atom is 0.330 e. The average Bonchev–Trinajstić information content (AvgIpc) is 3.14. The number of nitrogens with one attached hydrogen (secondary N) is 1. The summed E-state index contributed by atoms with van der Waals surface area (Å²) < 4.78 is 7.27. The van der Waals surface area contributed by atoms with Crippen LogP contribution in [0.1, 0.15) is 23.2 Å². The van der Waals surface area contributed by atoms with Crippen LogP contribution in [0.2, 0.25) is 5.15 Å². The number of aromatic amines is 1. The van der Waals surface area contributed by atoms with Gasteiger partial charge in [0, 0.05) is 43.9 Å². The van der Waals surface area contributed by atoms with Gasteiger partial charge in [0.25, 0.3) is 5.91 Å². The topological polar surface area (TPSA) is 93.1 Å². The van der Waals surface area contributed by atoms with Crippen molar-refractivity contribution in [2.75, 3.05) is 13.1 Å². The summed E-state index contributed by atoms with van der Waals surface area (Å²) in [5, 5.41) is 0.284.